The smallest absolute Gasteiger partial charge is 0.0194 e. The molecule has 1 rings (SSSR count). The number of nitrogens with two attached hydrogens (primary N) is 1. The minimum Gasteiger partial charge on any atom is -0.326 e. The van der Waals surface area contributed by atoms with Crippen molar-refractivity contribution in [3.8, 4) is 0 Å². The van der Waals surface area contributed by atoms with Crippen LogP contribution < -0.4 is 5.73 Å². The molecule has 1 aliphatic rings. The minimum atomic E-state index is 0.404. The van der Waals surface area contributed by atoms with Gasteiger partial charge in [0.2, 0.25) is 0 Å². The maximum Gasteiger partial charge on any atom is 0.0194 e. The highest BCUT2D eigenvalue weighted by molar-refractivity contribution is 4.80. The van der Waals surface area contributed by atoms with Gasteiger partial charge in [0.1, 0.15) is 0 Å². The van der Waals surface area contributed by atoms with Gasteiger partial charge in [0, 0.05) is 12.6 Å². The van der Waals surface area contributed by atoms with Gasteiger partial charge in [0.15, 0.2) is 0 Å². The van der Waals surface area contributed by atoms with Crippen molar-refractivity contribution in [2.24, 2.45) is 17.6 Å². The molecule has 0 amide bonds. The molecule has 0 spiro atoms. The lowest BCUT2D eigenvalue weighted by Gasteiger charge is -2.35. The van der Waals surface area contributed by atoms with Gasteiger partial charge in [0.05, 0.1) is 0 Å². The van der Waals surface area contributed by atoms with Crippen LogP contribution in [0.4, 0.5) is 0 Å². The van der Waals surface area contributed by atoms with Crippen molar-refractivity contribution < 1.29 is 0 Å². The van der Waals surface area contributed by atoms with E-state index in [2.05, 4.69) is 25.7 Å². The van der Waals surface area contributed by atoms with Crippen LogP contribution in [-0.2, 0) is 0 Å². The summed E-state index contributed by atoms with van der Waals surface area (Å²) < 4.78 is 0. The van der Waals surface area contributed by atoms with Crippen LogP contribution in [0, 0.1) is 11.8 Å². The molecule has 1 heterocycles. The Hall–Kier alpha value is -0.0800. The van der Waals surface area contributed by atoms with E-state index in [1.165, 1.54) is 25.9 Å². The lowest BCUT2D eigenvalue weighted by Crippen LogP contribution is -2.47. The lowest BCUT2D eigenvalue weighted by molar-refractivity contribution is 0.162. The molecular weight excluding hydrogens is 160 g/mol. The van der Waals surface area contributed by atoms with Crippen molar-refractivity contribution in [3.63, 3.8) is 0 Å². The summed E-state index contributed by atoms with van der Waals surface area (Å²) in [6, 6.07) is 0.404. The van der Waals surface area contributed by atoms with E-state index in [1.807, 2.05) is 0 Å². The molecule has 0 saturated carbocycles. The topological polar surface area (TPSA) is 29.3 Å². The highest BCUT2D eigenvalue weighted by atomic mass is 15.1. The van der Waals surface area contributed by atoms with Crippen LogP contribution in [0.15, 0.2) is 0 Å². The maximum absolute atomic E-state index is 6.03. The number of piperidine rings is 1. The summed E-state index contributed by atoms with van der Waals surface area (Å²) in [4.78, 5) is 2.52. The fourth-order valence-corrected chi connectivity index (χ4v) is 1.81. The number of hydrogen-bond donors (Lipinski definition) is 1. The first-order valence-corrected chi connectivity index (χ1v) is 5.57. The summed E-state index contributed by atoms with van der Waals surface area (Å²) in [6.45, 7) is 10.4. The number of hydrogen-bond acceptors (Lipinski definition) is 2. The molecule has 2 heteroatoms. The molecule has 2 unspecified atom stereocenters. The third-order valence-electron chi connectivity index (χ3n) is 3.12. The normalized spacial score (nSPS) is 31.2. The largest absolute Gasteiger partial charge is 0.326 e. The maximum atomic E-state index is 6.03. The van der Waals surface area contributed by atoms with E-state index in [4.69, 9.17) is 5.73 Å². The average molecular weight is 184 g/mol. The highest BCUT2D eigenvalue weighted by Crippen LogP contribution is 2.16. The quantitative estimate of drug-likeness (QED) is 0.723. The molecule has 0 radical (unpaired) electrons. The van der Waals surface area contributed by atoms with Crippen molar-refractivity contribution in [2.75, 3.05) is 19.6 Å². The van der Waals surface area contributed by atoms with Crippen LogP contribution in [0.2, 0.25) is 0 Å². The molecule has 2 atom stereocenters. The molecule has 78 valence electrons. The van der Waals surface area contributed by atoms with Crippen LogP contribution >= 0.6 is 0 Å². The monoisotopic (exact) mass is 184 g/mol. The Labute approximate surface area is 82.5 Å². The average Bonchev–Trinajstić information content (AvgIpc) is 2.07. The molecule has 2 nitrogen and oxygen atoms in total. The second-order valence-corrected chi connectivity index (χ2v) is 4.91. The molecule has 0 aromatic rings. The summed E-state index contributed by atoms with van der Waals surface area (Å²) in [6.07, 6.45) is 2.58. The van der Waals surface area contributed by atoms with Crippen molar-refractivity contribution in [1.82, 2.24) is 4.90 Å². The first-order chi connectivity index (χ1) is 6.09. The summed E-state index contributed by atoms with van der Waals surface area (Å²) in [5.41, 5.74) is 6.03. The zero-order chi connectivity index (χ0) is 9.84. The predicted molar refractivity (Wildman–Crippen MR) is 57.7 cm³/mol. The summed E-state index contributed by atoms with van der Waals surface area (Å²) in [5, 5.41) is 0. The first-order valence-electron chi connectivity index (χ1n) is 5.57. The Balaban J connectivity index is 2.21. The van der Waals surface area contributed by atoms with E-state index in [0.29, 0.717) is 6.04 Å². The fourth-order valence-electron chi connectivity index (χ4n) is 1.81. The SMILES string of the molecule is CC(C)CCN1CCC(C)C(N)C1. The Kier molecular flexibility index (Phi) is 4.20. The van der Waals surface area contributed by atoms with E-state index in [9.17, 15) is 0 Å². The van der Waals surface area contributed by atoms with Gasteiger partial charge in [-0.3, -0.25) is 0 Å². The van der Waals surface area contributed by atoms with Gasteiger partial charge in [0.25, 0.3) is 0 Å². The molecule has 0 aromatic heterocycles. The van der Waals surface area contributed by atoms with Crippen LogP contribution in [0.25, 0.3) is 0 Å². The molecule has 0 aromatic carbocycles. The van der Waals surface area contributed by atoms with E-state index in [1.54, 1.807) is 0 Å². The summed E-state index contributed by atoms with van der Waals surface area (Å²) in [7, 11) is 0. The third-order valence-corrected chi connectivity index (χ3v) is 3.12. The van der Waals surface area contributed by atoms with Gasteiger partial charge in [-0.2, -0.15) is 0 Å². The molecular formula is C11H24N2. The van der Waals surface area contributed by atoms with E-state index in [-0.39, 0.29) is 0 Å². The van der Waals surface area contributed by atoms with Crippen molar-refractivity contribution in [3.05, 3.63) is 0 Å². The number of rotatable bonds is 3. The molecule has 1 fully saturated rings. The van der Waals surface area contributed by atoms with Crippen molar-refractivity contribution in [2.45, 2.75) is 39.7 Å². The molecule has 13 heavy (non-hydrogen) atoms. The number of likely N-dealkylation sites (tertiary alicyclic amines) is 1. The fraction of sp³-hybridized carbons (Fsp3) is 1.00. The molecule has 1 saturated heterocycles. The third kappa shape index (κ3) is 3.65. The van der Waals surface area contributed by atoms with Crippen molar-refractivity contribution >= 4 is 0 Å². The van der Waals surface area contributed by atoms with Gasteiger partial charge >= 0.3 is 0 Å². The van der Waals surface area contributed by atoms with E-state index >= 15 is 0 Å². The minimum absolute atomic E-state index is 0.404. The van der Waals surface area contributed by atoms with Crippen LogP contribution in [-0.4, -0.2) is 30.6 Å². The molecule has 0 aliphatic carbocycles. The summed E-state index contributed by atoms with van der Waals surface area (Å²) in [5.74, 6) is 1.53. The van der Waals surface area contributed by atoms with Gasteiger partial charge < -0.3 is 10.6 Å². The highest BCUT2D eigenvalue weighted by Gasteiger charge is 2.22. The molecule has 1 aliphatic heterocycles. The molecule has 0 bridgehead atoms. The zero-order valence-corrected chi connectivity index (χ0v) is 9.29. The first kappa shape index (κ1) is 11.0. The summed E-state index contributed by atoms with van der Waals surface area (Å²) >= 11 is 0. The van der Waals surface area contributed by atoms with E-state index < -0.39 is 0 Å². The number of nitrogens with zero attached hydrogens (tertiary/aromatic N) is 1. The second kappa shape index (κ2) is 4.97. The Bertz CT molecular complexity index is 145. The zero-order valence-electron chi connectivity index (χ0n) is 9.29. The van der Waals surface area contributed by atoms with Gasteiger partial charge in [-0.25, -0.2) is 0 Å². The predicted octanol–water partition coefficient (Wildman–Crippen LogP) is 1.70. The second-order valence-electron chi connectivity index (χ2n) is 4.91. The Morgan fingerprint density at radius 2 is 2.15 bits per heavy atom. The van der Waals surface area contributed by atoms with Gasteiger partial charge in [-0.1, -0.05) is 20.8 Å². The Morgan fingerprint density at radius 3 is 2.69 bits per heavy atom. The van der Waals surface area contributed by atoms with Crippen molar-refractivity contribution in [1.29, 1.82) is 0 Å². The van der Waals surface area contributed by atoms with Crippen LogP contribution in [0.3, 0.4) is 0 Å². The van der Waals surface area contributed by atoms with E-state index in [0.717, 1.165) is 18.4 Å². The standard InChI is InChI=1S/C11H24N2/c1-9(2)4-6-13-7-5-10(3)11(12)8-13/h9-11H,4-8,12H2,1-3H3. The lowest BCUT2D eigenvalue weighted by atomic mass is 9.94. The van der Waals surface area contributed by atoms with Crippen LogP contribution in [0.1, 0.15) is 33.6 Å². The molecule has 2 N–H and O–H groups in total. The Morgan fingerprint density at radius 1 is 1.46 bits per heavy atom. The van der Waals surface area contributed by atoms with Gasteiger partial charge in [-0.05, 0) is 37.8 Å². The van der Waals surface area contributed by atoms with Crippen LogP contribution in [0.5, 0.6) is 0 Å². The van der Waals surface area contributed by atoms with Gasteiger partial charge in [-0.15, -0.1) is 0 Å².